The highest BCUT2D eigenvalue weighted by atomic mass is 16.7. The second-order valence-electron chi connectivity index (χ2n) is 4.34. The fourth-order valence-corrected chi connectivity index (χ4v) is 2.36. The first-order valence-electron chi connectivity index (χ1n) is 5.77. The van der Waals surface area contributed by atoms with Crippen molar-refractivity contribution in [2.75, 3.05) is 26.2 Å². The van der Waals surface area contributed by atoms with E-state index >= 15 is 0 Å². The fraction of sp³-hybridized carbons (Fsp3) is 1.00. The Morgan fingerprint density at radius 3 is 2.86 bits per heavy atom. The van der Waals surface area contributed by atoms with Gasteiger partial charge < -0.3 is 20.5 Å². The van der Waals surface area contributed by atoms with E-state index in [0.29, 0.717) is 6.10 Å². The summed E-state index contributed by atoms with van der Waals surface area (Å²) in [5, 5.41) is 2.27. The summed E-state index contributed by atoms with van der Waals surface area (Å²) in [5.41, 5.74) is 3.82. The Bertz CT molecular complexity index is 181. The lowest BCUT2D eigenvalue weighted by Gasteiger charge is -2.21. The van der Waals surface area contributed by atoms with Gasteiger partial charge in [-0.25, -0.2) is 0 Å². The lowest BCUT2D eigenvalue weighted by atomic mass is 10.2. The van der Waals surface area contributed by atoms with E-state index in [1.807, 2.05) is 0 Å². The van der Waals surface area contributed by atoms with Crippen LogP contribution in [0.4, 0.5) is 0 Å². The molecule has 1 saturated carbocycles. The maximum absolute atomic E-state index is 5.98. The predicted octanol–water partition coefficient (Wildman–Crippen LogP) is -1.52. The van der Waals surface area contributed by atoms with Gasteiger partial charge in [-0.3, -0.25) is 0 Å². The van der Waals surface area contributed by atoms with Crippen LogP contribution in [0.1, 0.15) is 25.7 Å². The van der Waals surface area contributed by atoms with E-state index in [1.54, 1.807) is 0 Å². The number of hydrogen-bond acceptors (Lipinski definition) is 2. The first-order chi connectivity index (χ1) is 6.85. The maximum Gasteiger partial charge on any atom is 0.169 e. The quantitative estimate of drug-likeness (QED) is 0.544. The molecule has 2 fully saturated rings. The maximum atomic E-state index is 5.98. The van der Waals surface area contributed by atoms with E-state index in [1.165, 1.54) is 12.8 Å². The van der Waals surface area contributed by atoms with Gasteiger partial charge in [0.1, 0.15) is 25.7 Å². The third-order valence-electron chi connectivity index (χ3n) is 3.12. The molecule has 5 N–H and O–H groups in total. The Hall–Kier alpha value is -0.160. The molecule has 4 heteroatoms. The van der Waals surface area contributed by atoms with Crippen molar-refractivity contribution >= 4 is 0 Å². The van der Waals surface area contributed by atoms with Crippen molar-refractivity contribution in [3.8, 4) is 0 Å². The van der Waals surface area contributed by atoms with Crippen molar-refractivity contribution in [1.29, 1.82) is 0 Å². The van der Waals surface area contributed by atoms with Crippen molar-refractivity contribution < 1.29 is 20.5 Å². The molecule has 1 spiro atoms. The molecule has 0 bridgehead atoms. The molecule has 82 valence electrons. The van der Waals surface area contributed by atoms with Crippen LogP contribution in [0.5, 0.6) is 0 Å². The number of nitrogens with two attached hydrogens (primary N) is 1. The summed E-state index contributed by atoms with van der Waals surface area (Å²) in [5.74, 6) is -0.178. The van der Waals surface area contributed by atoms with Crippen LogP contribution in [-0.2, 0) is 9.47 Å². The molecule has 1 aliphatic carbocycles. The summed E-state index contributed by atoms with van der Waals surface area (Å²) < 4.78 is 11.8. The van der Waals surface area contributed by atoms with Gasteiger partial charge in [-0.15, -0.1) is 0 Å². The van der Waals surface area contributed by atoms with Crippen LogP contribution in [0.2, 0.25) is 0 Å². The number of ether oxygens (including phenoxy) is 2. The lowest BCUT2D eigenvalue weighted by molar-refractivity contribution is -0.675. The van der Waals surface area contributed by atoms with Crippen molar-refractivity contribution in [1.82, 2.24) is 0 Å². The zero-order valence-electron chi connectivity index (χ0n) is 8.84. The summed E-state index contributed by atoms with van der Waals surface area (Å²) in [6, 6.07) is 0. The average molecular weight is 202 g/mol. The molecule has 0 amide bonds. The molecule has 4 nitrogen and oxygen atoms in total. The molecule has 0 unspecified atom stereocenters. The summed E-state index contributed by atoms with van der Waals surface area (Å²) in [7, 11) is 0. The van der Waals surface area contributed by atoms with Crippen LogP contribution < -0.4 is 11.1 Å². The minimum absolute atomic E-state index is 0.178. The first kappa shape index (κ1) is 10.4. The molecule has 0 radical (unpaired) electrons. The Morgan fingerprint density at radius 1 is 1.36 bits per heavy atom. The molecule has 1 heterocycles. The fourth-order valence-electron chi connectivity index (χ4n) is 2.36. The highest BCUT2D eigenvalue weighted by molar-refractivity contribution is 4.83. The molecule has 1 aliphatic heterocycles. The second kappa shape index (κ2) is 4.57. The van der Waals surface area contributed by atoms with Gasteiger partial charge in [0, 0.05) is 12.8 Å². The van der Waals surface area contributed by atoms with Crippen LogP contribution in [0.25, 0.3) is 0 Å². The van der Waals surface area contributed by atoms with E-state index in [0.717, 1.165) is 39.1 Å². The SMILES string of the molecule is [NH3+]CC[NH2+]C[C@@H]1COC2(CCCC2)O1. The summed E-state index contributed by atoms with van der Waals surface area (Å²) in [6.07, 6.45) is 5.02. The van der Waals surface area contributed by atoms with E-state index in [9.17, 15) is 0 Å². The Labute approximate surface area is 85.1 Å². The van der Waals surface area contributed by atoms with Gasteiger partial charge in [-0.2, -0.15) is 0 Å². The van der Waals surface area contributed by atoms with Crippen molar-refractivity contribution in [2.45, 2.75) is 37.6 Å². The highest BCUT2D eigenvalue weighted by Crippen LogP contribution is 2.38. The van der Waals surface area contributed by atoms with Crippen molar-refractivity contribution in [2.24, 2.45) is 0 Å². The van der Waals surface area contributed by atoms with Crippen molar-refractivity contribution in [3.63, 3.8) is 0 Å². The zero-order chi connectivity index (χ0) is 9.86. The number of rotatable bonds is 4. The molecule has 2 aliphatic rings. The van der Waals surface area contributed by atoms with Crippen molar-refractivity contribution in [3.05, 3.63) is 0 Å². The minimum atomic E-state index is -0.178. The van der Waals surface area contributed by atoms with E-state index < -0.39 is 0 Å². The normalized spacial score (nSPS) is 30.2. The van der Waals surface area contributed by atoms with E-state index in [-0.39, 0.29) is 5.79 Å². The smallest absolute Gasteiger partial charge is 0.169 e. The van der Waals surface area contributed by atoms with Gasteiger partial charge in [0.15, 0.2) is 5.79 Å². The number of hydrogen-bond donors (Lipinski definition) is 2. The van der Waals surface area contributed by atoms with Crippen LogP contribution in [0.15, 0.2) is 0 Å². The van der Waals surface area contributed by atoms with Gasteiger partial charge in [0.25, 0.3) is 0 Å². The van der Waals surface area contributed by atoms with Crippen LogP contribution in [-0.4, -0.2) is 38.1 Å². The largest absolute Gasteiger partial charge is 0.353 e. The molecular formula is C10H22N2O2+2. The standard InChI is InChI=1S/C10H20N2O2/c11-5-6-12-7-9-8-13-10(14-9)3-1-2-4-10/h9,12H,1-8,11H2/p+2/t9-/m1/s1. The van der Waals surface area contributed by atoms with Gasteiger partial charge in [0.05, 0.1) is 6.61 Å². The molecular weight excluding hydrogens is 180 g/mol. The topological polar surface area (TPSA) is 62.7 Å². The molecule has 14 heavy (non-hydrogen) atoms. The third-order valence-corrected chi connectivity index (χ3v) is 3.12. The Morgan fingerprint density at radius 2 is 2.14 bits per heavy atom. The Kier molecular flexibility index (Phi) is 3.38. The Balaban J connectivity index is 1.71. The average Bonchev–Trinajstić information content (AvgIpc) is 2.79. The molecule has 0 aromatic rings. The molecule has 1 saturated heterocycles. The van der Waals surface area contributed by atoms with E-state index in [4.69, 9.17) is 9.47 Å². The van der Waals surface area contributed by atoms with Crippen LogP contribution in [0.3, 0.4) is 0 Å². The van der Waals surface area contributed by atoms with Crippen LogP contribution in [0, 0.1) is 0 Å². The lowest BCUT2D eigenvalue weighted by Crippen LogP contribution is -2.89. The molecule has 2 rings (SSSR count). The second-order valence-corrected chi connectivity index (χ2v) is 4.34. The van der Waals surface area contributed by atoms with Gasteiger partial charge in [0.2, 0.25) is 0 Å². The van der Waals surface area contributed by atoms with Gasteiger partial charge in [-0.05, 0) is 12.8 Å². The molecule has 0 aromatic carbocycles. The monoisotopic (exact) mass is 202 g/mol. The predicted molar refractivity (Wildman–Crippen MR) is 51.4 cm³/mol. The minimum Gasteiger partial charge on any atom is -0.353 e. The third kappa shape index (κ3) is 2.25. The number of quaternary nitrogens is 2. The summed E-state index contributed by atoms with van der Waals surface area (Å²) >= 11 is 0. The van der Waals surface area contributed by atoms with Crippen LogP contribution >= 0.6 is 0 Å². The molecule has 1 atom stereocenters. The first-order valence-corrected chi connectivity index (χ1v) is 5.77. The summed E-state index contributed by atoms with van der Waals surface area (Å²) in [6.45, 7) is 3.89. The highest BCUT2D eigenvalue weighted by Gasteiger charge is 2.43. The van der Waals surface area contributed by atoms with E-state index in [2.05, 4.69) is 11.1 Å². The zero-order valence-corrected chi connectivity index (χ0v) is 8.84. The van der Waals surface area contributed by atoms with Gasteiger partial charge in [-0.1, -0.05) is 0 Å². The summed E-state index contributed by atoms with van der Waals surface area (Å²) in [4.78, 5) is 0. The molecule has 0 aromatic heterocycles. The van der Waals surface area contributed by atoms with Gasteiger partial charge >= 0.3 is 0 Å².